The van der Waals surface area contributed by atoms with Gasteiger partial charge in [0, 0.05) is 10.8 Å². The van der Waals surface area contributed by atoms with Gasteiger partial charge < -0.3 is 0 Å². The molecule has 0 aliphatic heterocycles. The average Bonchev–Trinajstić information content (AvgIpc) is 2.82. The molecule has 0 fully saturated rings. The second kappa shape index (κ2) is 7.26. The van der Waals surface area contributed by atoms with Gasteiger partial charge in [-0.05, 0) is 17.7 Å². The van der Waals surface area contributed by atoms with E-state index in [1.54, 1.807) is 30.3 Å². The second-order valence-corrected chi connectivity index (χ2v) is 8.37. The number of sulfonamides is 1. The Morgan fingerprint density at radius 3 is 2.95 bits per heavy atom. The summed E-state index contributed by atoms with van der Waals surface area (Å²) in [5.74, 6) is 0.534. The monoisotopic (exact) mass is 361 g/mol. The first-order chi connectivity index (χ1) is 9.98. The van der Waals surface area contributed by atoms with Crippen molar-refractivity contribution in [3.05, 3.63) is 47.5 Å². The minimum Gasteiger partial charge on any atom is -0.257 e. The summed E-state index contributed by atoms with van der Waals surface area (Å²) in [5.41, 5.74) is 0.612. The molecular weight excluding hydrogens is 350 g/mol. The van der Waals surface area contributed by atoms with Gasteiger partial charge in [0.05, 0.1) is 5.75 Å². The quantitative estimate of drug-likeness (QED) is 0.604. The zero-order chi connectivity index (χ0) is 15.3. The van der Waals surface area contributed by atoms with Crippen molar-refractivity contribution in [1.29, 1.82) is 0 Å². The summed E-state index contributed by atoms with van der Waals surface area (Å²) in [6.45, 7) is 3.61. The number of anilines is 1. The fourth-order valence-corrected chi connectivity index (χ4v) is 4.58. The normalized spacial score (nSPS) is 11.3. The lowest BCUT2D eigenvalue weighted by Gasteiger charge is -2.04. The maximum absolute atomic E-state index is 12.1. The molecule has 0 aliphatic carbocycles. The fraction of sp³-hybridized carbons (Fsp3) is 0.167. The Morgan fingerprint density at radius 1 is 1.43 bits per heavy atom. The summed E-state index contributed by atoms with van der Waals surface area (Å²) in [5, 5.41) is 8.46. The van der Waals surface area contributed by atoms with Crippen LogP contribution in [0.15, 0.2) is 41.3 Å². The summed E-state index contributed by atoms with van der Waals surface area (Å²) >= 11 is 8.48. The molecular formula is C12H12ClN3O2S3. The van der Waals surface area contributed by atoms with E-state index in [-0.39, 0.29) is 10.9 Å². The molecule has 0 unspecified atom stereocenters. The number of hydrogen-bond acceptors (Lipinski definition) is 6. The van der Waals surface area contributed by atoms with Gasteiger partial charge in [-0.25, -0.2) is 8.42 Å². The van der Waals surface area contributed by atoms with Crippen LogP contribution in [0, 0.1) is 0 Å². The molecule has 112 valence electrons. The molecule has 0 aliphatic rings. The van der Waals surface area contributed by atoms with E-state index in [0.717, 1.165) is 0 Å². The van der Waals surface area contributed by atoms with Crippen LogP contribution >= 0.6 is 34.7 Å². The minimum absolute atomic E-state index is 0.164. The van der Waals surface area contributed by atoms with Crippen molar-refractivity contribution in [2.75, 3.05) is 10.5 Å². The summed E-state index contributed by atoms with van der Waals surface area (Å²) < 4.78 is 27.2. The van der Waals surface area contributed by atoms with Crippen LogP contribution in [0.1, 0.15) is 5.56 Å². The maximum Gasteiger partial charge on any atom is 0.238 e. The van der Waals surface area contributed by atoms with Crippen LogP contribution in [0.2, 0.25) is 5.02 Å². The molecule has 2 aromatic rings. The summed E-state index contributed by atoms with van der Waals surface area (Å²) in [7, 11) is -3.54. The zero-order valence-electron chi connectivity index (χ0n) is 10.8. The molecule has 5 nitrogen and oxygen atoms in total. The van der Waals surface area contributed by atoms with E-state index in [4.69, 9.17) is 11.6 Å². The average molecular weight is 362 g/mol. The number of hydrogen-bond donors (Lipinski definition) is 1. The zero-order valence-corrected chi connectivity index (χ0v) is 14.0. The third-order valence-corrected chi connectivity index (χ3v) is 5.77. The van der Waals surface area contributed by atoms with Gasteiger partial charge in [-0.3, -0.25) is 4.72 Å². The second-order valence-electron chi connectivity index (χ2n) is 3.96. The molecule has 1 N–H and O–H groups in total. The first-order valence-corrected chi connectivity index (χ1v) is 9.64. The van der Waals surface area contributed by atoms with Crippen LogP contribution in [0.3, 0.4) is 0 Å². The Kier molecular flexibility index (Phi) is 5.63. The number of nitrogens with one attached hydrogen (secondary N) is 1. The Labute approximate surface area is 136 Å². The highest BCUT2D eigenvalue weighted by molar-refractivity contribution is 8.01. The van der Waals surface area contributed by atoms with Gasteiger partial charge in [0.1, 0.15) is 0 Å². The standard InChI is InChI=1S/C12H12ClN3O2S3/c1-2-6-19-12-15-14-11(20-12)16-21(17,18)8-9-4-3-5-10(13)7-9/h2-5,7H,1,6,8H2,(H,14,16). The summed E-state index contributed by atoms with van der Waals surface area (Å²) in [6, 6.07) is 6.73. The minimum atomic E-state index is -3.54. The number of halogens is 1. The molecule has 1 aromatic heterocycles. The van der Waals surface area contributed by atoms with Crippen LogP contribution in [0.25, 0.3) is 0 Å². The summed E-state index contributed by atoms with van der Waals surface area (Å²) in [6.07, 6.45) is 1.75. The van der Waals surface area contributed by atoms with E-state index in [2.05, 4.69) is 21.5 Å². The summed E-state index contributed by atoms with van der Waals surface area (Å²) in [4.78, 5) is 0. The number of rotatable bonds is 7. The largest absolute Gasteiger partial charge is 0.257 e. The third-order valence-electron chi connectivity index (χ3n) is 2.22. The van der Waals surface area contributed by atoms with E-state index in [0.29, 0.717) is 20.7 Å². The van der Waals surface area contributed by atoms with E-state index in [9.17, 15) is 8.42 Å². The molecule has 1 heterocycles. The van der Waals surface area contributed by atoms with Crippen LogP contribution in [-0.2, 0) is 15.8 Å². The molecule has 0 spiro atoms. The fourth-order valence-electron chi connectivity index (χ4n) is 1.45. The van der Waals surface area contributed by atoms with Gasteiger partial charge >= 0.3 is 0 Å². The molecule has 1 aromatic carbocycles. The molecule has 9 heteroatoms. The van der Waals surface area contributed by atoms with Crippen molar-refractivity contribution in [2.45, 2.75) is 10.1 Å². The van der Waals surface area contributed by atoms with Crippen molar-refractivity contribution in [1.82, 2.24) is 10.2 Å². The van der Waals surface area contributed by atoms with Crippen molar-refractivity contribution in [2.24, 2.45) is 0 Å². The van der Waals surface area contributed by atoms with Crippen LogP contribution in [-0.4, -0.2) is 24.4 Å². The van der Waals surface area contributed by atoms with Gasteiger partial charge in [0.15, 0.2) is 4.34 Å². The highest BCUT2D eigenvalue weighted by atomic mass is 35.5. The topological polar surface area (TPSA) is 72.0 Å². The van der Waals surface area contributed by atoms with Gasteiger partial charge in [-0.1, -0.05) is 52.9 Å². The predicted molar refractivity (Wildman–Crippen MR) is 88.5 cm³/mol. The number of thioether (sulfide) groups is 1. The van der Waals surface area contributed by atoms with Crippen molar-refractivity contribution < 1.29 is 8.42 Å². The molecule has 0 saturated heterocycles. The Balaban J connectivity index is 2.03. The van der Waals surface area contributed by atoms with Gasteiger partial charge in [-0.2, -0.15) is 0 Å². The van der Waals surface area contributed by atoms with Gasteiger partial charge in [-0.15, -0.1) is 16.8 Å². The lowest BCUT2D eigenvalue weighted by molar-refractivity contribution is 0.600. The first kappa shape index (κ1) is 16.3. The molecule has 0 amide bonds. The van der Waals surface area contributed by atoms with E-state index in [1.165, 1.54) is 23.1 Å². The molecule has 0 saturated carbocycles. The molecule has 0 bridgehead atoms. The molecule has 21 heavy (non-hydrogen) atoms. The highest BCUT2D eigenvalue weighted by Gasteiger charge is 2.15. The molecule has 0 radical (unpaired) electrons. The smallest absolute Gasteiger partial charge is 0.238 e. The van der Waals surface area contributed by atoms with Gasteiger partial charge in [0.2, 0.25) is 15.2 Å². The maximum atomic E-state index is 12.1. The van der Waals surface area contributed by atoms with Crippen molar-refractivity contribution in [3.8, 4) is 0 Å². The number of nitrogens with zero attached hydrogens (tertiary/aromatic N) is 2. The predicted octanol–water partition coefficient (Wildman–Crippen LogP) is 3.41. The Hall–Kier alpha value is -1.09. The lowest BCUT2D eigenvalue weighted by atomic mass is 10.2. The van der Waals surface area contributed by atoms with Crippen LogP contribution in [0.4, 0.5) is 5.13 Å². The lowest BCUT2D eigenvalue weighted by Crippen LogP contribution is -2.14. The molecule has 0 atom stereocenters. The third kappa shape index (κ3) is 5.31. The first-order valence-electron chi connectivity index (χ1n) is 5.80. The van der Waals surface area contributed by atoms with Crippen molar-refractivity contribution in [3.63, 3.8) is 0 Å². The van der Waals surface area contributed by atoms with Crippen molar-refractivity contribution >= 4 is 49.9 Å². The van der Waals surface area contributed by atoms with E-state index >= 15 is 0 Å². The number of benzene rings is 1. The van der Waals surface area contributed by atoms with E-state index < -0.39 is 10.0 Å². The van der Waals surface area contributed by atoms with Crippen LogP contribution < -0.4 is 4.72 Å². The molecule has 2 rings (SSSR count). The van der Waals surface area contributed by atoms with E-state index in [1.807, 2.05) is 0 Å². The highest BCUT2D eigenvalue weighted by Crippen LogP contribution is 2.26. The Bertz CT molecular complexity index is 731. The SMILES string of the molecule is C=CCSc1nnc(NS(=O)(=O)Cc2cccc(Cl)c2)s1. The number of aromatic nitrogens is 2. The van der Waals surface area contributed by atoms with Crippen LogP contribution in [0.5, 0.6) is 0 Å². The Morgan fingerprint density at radius 2 is 2.24 bits per heavy atom. The van der Waals surface area contributed by atoms with Gasteiger partial charge in [0.25, 0.3) is 0 Å².